The fourth-order valence-electron chi connectivity index (χ4n) is 2.71. The molecule has 1 saturated heterocycles. The van der Waals surface area contributed by atoms with Crippen molar-refractivity contribution in [3.05, 3.63) is 35.9 Å². The number of benzene rings is 1. The summed E-state index contributed by atoms with van der Waals surface area (Å²) < 4.78 is 0. The van der Waals surface area contributed by atoms with Crippen LogP contribution in [-0.2, 0) is 10.2 Å². The Bertz CT molecular complexity index is 447. The highest BCUT2D eigenvalue weighted by atomic mass is 16.2. The molecule has 1 fully saturated rings. The molecule has 1 aromatic carbocycles. The van der Waals surface area contributed by atoms with Gasteiger partial charge in [-0.2, -0.15) is 0 Å². The van der Waals surface area contributed by atoms with Gasteiger partial charge in [-0.1, -0.05) is 37.3 Å². The summed E-state index contributed by atoms with van der Waals surface area (Å²) in [5, 5.41) is 6.54. The summed E-state index contributed by atoms with van der Waals surface area (Å²) in [5.74, 6) is 0.114. The van der Waals surface area contributed by atoms with Crippen molar-refractivity contribution in [3.63, 3.8) is 0 Å². The molecule has 0 spiro atoms. The molecule has 1 aromatic rings. The van der Waals surface area contributed by atoms with E-state index in [0.717, 1.165) is 38.0 Å². The van der Waals surface area contributed by atoms with Crippen LogP contribution >= 0.6 is 0 Å². The number of carbonyl (C=O) groups is 1. The van der Waals surface area contributed by atoms with Crippen LogP contribution in [0.5, 0.6) is 0 Å². The molecule has 0 aromatic heterocycles. The smallest absolute Gasteiger partial charge is 0.230 e. The second-order valence-electron chi connectivity index (χ2n) is 6.73. The third kappa shape index (κ3) is 3.40. The summed E-state index contributed by atoms with van der Waals surface area (Å²) in [6.45, 7) is 9.11. The van der Waals surface area contributed by atoms with Crippen molar-refractivity contribution in [2.45, 2.75) is 39.0 Å². The zero-order valence-corrected chi connectivity index (χ0v) is 12.8. The van der Waals surface area contributed by atoms with Crippen LogP contribution in [0.4, 0.5) is 0 Å². The quantitative estimate of drug-likeness (QED) is 0.885. The average molecular weight is 274 g/mol. The summed E-state index contributed by atoms with van der Waals surface area (Å²) in [6.07, 6.45) is 2.25. The first-order valence-corrected chi connectivity index (χ1v) is 7.49. The van der Waals surface area contributed by atoms with E-state index in [9.17, 15) is 4.79 Å². The Morgan fingerprint density at radius 3 is 2.45 bits per heavy atom. The SMILES string of the molecule is CC1(CNC(=O)C(C)(C)c2ccccc2)CCNCC1. The van der Waals surface area contributed by atoms with Crippen molar-refractivity contribution in [1.29, 1.82) is 0 Å². The van der Waals surface area contributed by atoms with E-state index >= 15 is 0 Å². The maximum atomic E-state index is 12.5. The maximum absolute atomic E-state index is 12.5. The monoisotopic (exact) mass is 274 g/mol. The molecule has 0 bridgehead atoms. The lowest BCUT2D eigenvalue weighted by Gasteiger charge is -2.35. The normalized spacial score (nSPS) is 18.6. The number of rotatable bonds is 4. The number of amides is 1. The van der Waals surface area contributed by atoms with Gasteiger partial charge in [0.2, 0.25) is 5.91 Å². The summed E-state index contributed by atoms with van der Waals surface area (Å²) >= 11 is 0. The van der Waals surface area contributed by atoms with Crippen molar-refractivity contribution in [2.75, 3.05) is 19.6 Å². The predicted octanol–water partition coefficient (Wildman–Crippen LogP) is 2.47. The van der Waals surface area contributed by atoms with E-state index in [4.69, 9.17) is 0 Å². The van der Waals surface area contributed by atoms with E-state index in [0.29, 0.717) is 0 Å². The molecule has 0 unspecified atom stereocenters. The first kappa shape index (κ1) is 15.0. The van der Waals surface area contributed by atoms with Crippen LogP contribution in [0.2, 0.25) is 0 Å². The van der Waals surface area contributed by atoms with Gasteiger partial charge in [0.15, 0.2) is 0 Å². The van der Waals surface area contributed by atoms with Gasteiger partial charge in [-0.15, -0.1) is 0 Å². The van der Waals surface area contributed by atoms with Gasteiger partial charge in [-0.3, -0.25) is 4.79 Å². The summed E-state index contributed by atoms with van der Waals surface area (Å²) in [4.78, 5) is 12.5. The highest BCUT2D eigenvalue weighted by Gasteiger charge is 2.32. The summed E-state index contributed by atoms with van der Waals surface area (Å²) in [6, 6.07) is 9.99. The topological polar surface area (TPSA) is 41.1 Å². The fraction of sp³-hybridized carbons (Fsp3) is 0.588. The maximum Gasteiger partial charge on any atom is 0.230 e. The molecule has 3 heteroatoms. The molecule has 1 amide bonds. The van der Waals surface area contributed by atoms with Gasteiger partial charge in [-0.25, -0.2) is 0 Å². The van der Waals surface area contributed by atoms with Crippen molar-refractivity contribution in [3.8, 4) is 0 Å². The Morgan fingerprint density at radius 2 is 1.85 bits per heavy atom. The average Bonchev–Trinajstić information content (AvgIpc) is 2.46. The van der Waals surface area contributed by atoms with Gasteiger partial charge in [0.25, 0.3) is 0 Å². The third-order valence-electron chi connectivity index (χ3n) is 4.55. The highest BCUT2D eigenvalue weighted by molar-refractivity contribution is 5.87. The van der Waals surface area contributed by atoms with Crippen LogP contribution in [0.15, 0.2) is 30.3 Å². The Morgan fingerprint density at radius 1 is 1.25 bits per heavy atom. The molecule has 2 rings (SSSR count). The minimum Gasteiger partial charge on any atom is -0.355 e. The summed E-state index contributed by atoms with van der Waals surface area (Å²) in [5.41, 5.74) is 0.811. The van der Waals surface area contributed by atoms with Crippen molar-refractivity contribution >= 4 is 5.91 Å². The van der Waals surface area contributed by atoms with E-state index in [1.165, 1.54) is 0 Å². The van der Waals surface area contributed by atoms with Crippen molar-refractivity contribution in [2.24, 2.45) is 5.41 Å². The molecule has 3 nitrogen and oxygen atoms in total. The fourth-order valence-corrected chi connectivity index (χ4v) is 2.71. The Hall–Kier alpha value is -1.35. The second-order valence-corrected chi connectivity index (χ2v) is 6.73. The van der Waals surface area contributed by atoms with Crippen LogP contribution in [0.25, 0.3) is 0 Å². The van der Waals surface area contributed by atoms with Crippen LogP contribution in [-0.4, -0.2) is 25.5 Å². The minimum absolute atomic E-state index is 0.114. The first-order valence-electron chi connectivity index (χ1n) is 7.49. The van der Waals surface area contributed by atoms with Gasteiger partial charge in [0.05, 0.1) is 5.41 Å². The third-order valence-corrected chi connectivity index (χ3v) is 4.55. The van der Waals surface area contributed by atoms with Crippen LogP contribution < -0.4 is 10.6 Å². The molecule has 0 aliphatic carbocycles. The van der Waals surface area contributed by atoms with Crippen molar-refractivity contribution in [1.82, 2.24) is 10.6 Å². The minimum atomic E-state index is -0.482. The molecule has 0 atom stereocenters. The van der Waals surface area contributed by atoms with Gasteiger partial charge in [-0.05, 0) is 50.8 Å². The van der Waals surface area contributed by atoms with E-state index in [2.05, 4.69) is 17.6 Å². The van der Waals surface area contributed by atoms with E-state index < -0.39 is 5.41 Å². The molecule has 0 saturated carbocycles. The largest absolute Gasteiger partial charge is 0.355 e. The van der Waals surface area contributed by atoms with Gasteiger partial charge in [0.1, 0.15) is 0 Å². The summed E-state index contributed by atoms with van der Waals surface area (Å²) in [7, 11) is 0. The Kier molecular flexibility index (Phi) is 4.48. The highest BCUT2D eigenvalue weighted by Crippen LogP contribution is 2.28. The molecule has 20 heavy (non-hydrogen) atoms. The standard InChI is InChI=1S/C17H26N2O/c1-16(2,14-7-5-4-6-8-14)15(20)19-13-17(3)9-11-18-12-10-17/h4-8,18H,9-13H2,1-3H3,(H,19,20). The van der Waals surface area contributed by atoms with E-state index in [-0.39, 0.29) is 11.3 Å². The van der Waals surface area contributed by atoms with Crippen LogP contribution in [0.1, 0.15) is 39.2 Å². The lowest BCUT2D eigenvalue weighted by molar-refractivity contribution is -0.126. The van der Waals surface area contributed by atoms with Crippen LogP contribution in [0, 0.1) is 5.41 Å². The Balaban J connectivity index is 1.97. The van der Waals surface area contributed by atoms with Gasteiger partial charge >= 0.3 is 0 Å². The van der Waals surface area contributed by atoms with Gasteiger partial charge < -0.3 is 10.6 Å². The number of nitrogens with one attached hydrogen (secondary N) is 2. The number of carbonyl (C=O) groups excluding carboxylic acids is 1. The first-order chi connectivity index (χ1) is 9.44. The number of hydrogen-bond donors (Lipinski definition) is 2. The molecule has 1 aliphatic heterocycles. The molecule has 110 valence electrons. The molecular weight excluding hydrogens is 248 g/mol. The van der Waals surface area contributed by atoms with Crippen LogP contribution in [0.3, 0.4) is 0 Å². The van der Waals surface area contributed by atoms with E-state index in [1.807, 2.05) is 44.2 Å². The molecular formula is C17H26N2O. The molecule has 2 N–H and O–H groups in total. The predicted molar refractivity (Wildman–Crippen MR) is 82.7 cm³/mol. The number of hydrogen-bond acceptors (Lipinski definition) is 2. The zero-order chi connectivity index (χ0) is 14.6. The van der Waals surface area contributed by atoms with Gasteiger partial charge in [0, 0.05) is 6.54 Å². The second kappa shape index (κ2) is 5.96. The Labute approximate surface area is 122 Å². The zero-order valence-electron chi connectivity index (χ0n) is 12.8. The lowest BCUT2D eigenvalue weighted by Crippen LogP contribution is -2.47. The van der Waals surface area contributed by atoms with Crippen molar-refractivity contribution < 1.29 is 4.79 Å². The molecule has 0 radical (unpaired) electrons. The lowest BCUT2D eigenvalue weighted by atomic mass is 9.79. The molecule has 1 aliphatic rings. The number of piperidine rings is 1. The van der Waals surface area contributed by atoms with E-state index in [1.54, 1.807) is 0 Å². The molecule has 1 heterocycles.